The SMILES string of the molecule is COc1ccc(OC[C@H](O)CN2CCC(O)(c3cccnc3)CC2)cc1.O=C(O)c1ccc(Cl)cc1. The molecular formula is C27H31ClN2O6. The number of β-amino-alcohol motifs (C(OH)–C–C–N with tert-alkyl or cyclic N) is 1. The number of nitrogens with zero attached hydrogens (tertiary/aromatic N) is 2. The van der Waals surface area contributed by atoms with Crippen LogP contribution in [0.15, 0.2) is 73.1 Å². The number of piperidine rings is 1. The first-order chi connectivity index (χ1) is 17.3. The molecule has 1 saturated heterocycles. The quantitative estimate of drug-likeness (QED) is 0.415. The molecule has 9 heteroatoms. The van der Waals surface area contributed by atoms with Gasteiger partial charge in [-0.15, -0.1) is 0 Å². The Morgan fingerprint density at radius 2 is 1.72 bits per heavy atom. The predicted molar refractivity (Wildman–Crippen MR) is 137 cm³/mol. The Hall–Kier alpha value is -3.17. The molecule has 192 valence electrons. The summed E-state index contributed by atoms with van der Waals surface area (Å²) in [5.41, 5.74) is 0.294. The topological polar surface area (TPSA) is 112 Å². The molecule has 0 amide bonds. The number of carbonyl (C=O) groups is 1. The summed E-state index contributed by atoms with van der Waals surface area (Å²) in [5, 5.41) is 30.1. The standard InChI is InChI=1S/C20H26N2O4.C7H5ClO2/c1-25-18-4-6-19(7-5-18)26-15-17(23)14-22-11-8-20(24,9-12-22)16-3-2-10-21-13-16;8-6-3-1-5(2-4-6)7(9)10/h2-7,10,13,17,23-24H,8-9,11-12,14-15H2,1H3;1-4H,(H,9,10)/t17-;/m1./s1. The molecule has 0 unspecified atom stereocenters. The number of aromatic carboxylic acids is 1. The van der Waals surface area contributed by atoms with E-state index in [1.54, 1.807) is 31.6 Å². The number of likely N-dealkylation sites (tertiary alicyclic amines) is 1. The molecule has 0 aliphatic carbocycles. The first-order valence-corrected chi connectivity index (χ1v) is 12.0. The molecule has 3 N–H and O–H groups in total. The fourth-order valence-electron chi connectivity index (χ4n) is 3.84. The molecule has 36 heavy (non-hydrogen) atoms. The van der Waals surface area contributed by atoms with Gasteiger partial charge in [0.2, 0.25) is 0 Å². The van der Waals surface area contributed by atoms with Crippen molar-refractivity contribution in [2.75, 3.05) is 33.4 Å². The van der Waals surface area contributed by atoms with E-state index in [0.29, 0.717) is 30.2 Å². The lowest BCUT2D eigenvalue weighted by atomic mass is 9.85. The van der Waals surface area contributed by atoms with E-state index < -0.39 is 17.7 Å². The van der Waals surface area contributed by atoms with Crippen molar-refractivity contribution in [2.24, 2.45) is 0 Å². The molecule has 8 nitrogen and oxygen atoms in total. The van der Waals surface area contributed by atoms with E-state index in [-0.39, 0.29) is 12.2 Å². The molecule has 0 bridgehead atoms. The van der Waals surface area contributed by atoms with Gasteiger partial charge in [-0.3, -0.25) is 4.98 Å². The van der Waals surface area contributed by atoms with Crippen molar-refractivity contribution < 1.29 is 29.6 Å². The molecule has 4 rings (SSSR count). The maximum Gasteiger partial charge on any atom is 0.335 e. The second kappa shape index (κ2) is 13.2. The van der Waals surface area contributed by atoms with Crippen LogP contribution in [0.4, 0.5) is 0 Å². The largest absolute Gasteiger partial charge is 0.497 e. The van der Waals surface area contributed by atoms with E-state index in [4.69, 9.17) is 26.2 Å². The van der Waals surface area contributed by atoms with E-state index in [1.165, 1.54) is 12.1 Å². The fraction of sp³-hybridized carbons (Fsp3) is 0.333. The number of carboxylic acids is 1. The number of carboxylic acid groups (broad SMARTS) is 1. The van der Waals surface area contributed by atoms with Gasteiger partial charge >= 0.3 is 5.97 Å². The minimum absolute atomic E-state index is 0.232. The monoisotopic (exact) mass is 514 g/mol. The number of benzene rings is 2. The van der Waals surface area contributed by atoms with Gasteiger partial charge in [-0.2, -0.15) is 0 Å². The number of rotatable bonds is 8. The molecule has 0 saturated carbocycles. The Labute approximate surface area is 215 Å². The number of hydrogen-bond donors (Lipinski definition) is 3. The van der Waals surface area contributed by atoms with Crippen molar-refractivity contribution in [3.8, 4) is 11.5 Å². The van der Waals surface area contributed by atoms with Gasteiger partial charge in [-0.1, -0.05) is 17.7 Å². The van der Waals surface area contributed by atoms with Gasteiger partial charge in [0.25, 0.3) is 0 Å². The summed E-state index contributed by atoms with van der Waals surface area (Å²) in [7, 11) is 1.62. The molecule has 1 fully saturated rings. The van der Waals surface area contributed by atoms with E-state index in [1.807, 2.05) is 36.4 Å². The van der Waals surface area contributed by atoms with Crippen molar-refractivity contribution in [1.29, 1.82) is 0 Å². The van der Waals surface area contributed by atoms with Gasteiger partial charge in [-0.25, -0.2) is 4.79 Å². The summed E-state index contributed by atoms with van der Waals surface area (Å²) in [5.74, 6) is 0.540. The third-order valence-electron chi connectivity index (χ3n) is 5.94. The highest BCUT2D eigenvalue weighted by Gasteiger charge is 2.34. The first kappa shape index (κ1) is 27.4. The second-order valence-electron chi connectivity index (χ2n) is 8.53. The smallest absolute Gasteiger partial charge is 0.335 e. The number of methoxy groups -OCH3 is 1. The summed E-state index contributed by atoms with van der Waals surface area (Å²) in [6.07, 6.45) is 4.12. The molecule has 2 heterocycles. The number of ether oxygens (including phenoxy) is 2. The zero-order valence-corrected chi connectivity index (χ0v) is 20.8. The molecule has 1 aliphatic rings. The van der Waals surface area contributed by atoms with Crippen LogP contribution < -0.4 is 9.47 Å². The molecule has 0 radical (unpaired) electrons. The highest BCUT2D eigenvalue weighted by atomic mass is 35.5. The summed E-state index contributed by atoms with van der Waals surface area (Å²) in [4.78, 5) is 16.5. The summed E-state index contributed by atoms with van der Waals surface area (Å²) in [6.45, 7) is 2.21. The zero-order chi connectivity index (χ0) is 26.0. The van der Waals surface area contributed by atoms with Crippen LogP contribution in [0.25, 0.3) is 0 Å². The maximum absolute atomic E-state index is 10.8. The summed E-state index contributed by atoms with van der Waals surface area (Å²) in [6, 6.07) is 17.1. The summed E-state index contributed by atoms with van der Waals surface area (Å²) >= 11 is 5.52. The molecule has 1 aliphatic heterocycles. The maximum atomic E-state index is 10.8. The molecule has 0 spiro atoms. The number of pyridine rings is 1. The molecule has 3 aromatic rings. The molecular weight excluding hydrogens is 484 g/mol. The molecule has 2 aromatic carbocycles. The molecule has 1 atom stereocenters. The third-order valence-corrected chi connectivity index (χ3v) is 6.20. The van der Waals surface area contributed by atoms with Crippen LogP contribution in [0, 0.1) is 0 Å². The normalized spacial score (nSPS) is 15.8. The van der Waals surface area contributed by atoms with E-state index >= 15 is 0 Å². The minimum atomic E-state index is -0.934. The average molecular weight is 515 g/mol. The van der Waals surface area contributed by atoms with Gasteiger partial charge < -0.3 is 29.7 Å². The Morgan fingerprint density at radius 1 is 1.08 bits per heavy atom. The van der Waals surface area contributed by atoms with Gasteiger partial charge in [-0.05, 0) is 67.4 Å². The van der Waals surface area contributed by atoms with Crippen molar-refractivity contribution >= 4 is 17.6 Å². The third kappa shape index (κ3) is 8.20. The number of aromatic nitrogens is 1. The number of halogens is 1. The highest BCUT2D eigenvalue weighted by molar-refractivity contribution is 6.30. The van der Waals surface area contributed by atoms with E-state index in [0.717, 1.165) is 24.4 Å². The number of hydrogen-bond acceptors (Lipinski definition) is 7. The van der Waals surface area contributed by atoms with Gasteiger partial charge in [0, 0.05) is 42.6 Å². The predicted octanol–water partition coefficient (Wildman–Crippen LogP) is 3.85. The van der Waals surface area contributed by atoms with Gasteiger partial charge in [0.15, 0.2) is 0 Å². The molecule has 1 aromatic heterocycles. The van der Waals surface area contributed by atoms with Gasteiger partial charge in [0.1, 0.15) is 24.2 Å². The van der Waals surface area contributed by atoms with Crippen molar-refractivity contribution in [2.45, 2.75) is 24.5 Å². The van der Waals surface area contributed by atoms with E-state index in [2.05, 4.69) is 9.88 Å². The van der Waals surface area contributed by atoms with Crippen molar-refractivity contribution in [1.82, 2.24) is 9.88 Å². The van der Waals surface area contributed by atoms with Crippen LogP contribution in [-0.4, -0.2) is 70.6 Å². The highest BCUT2D eigenvalue weighted by Crippen LogP contribution is 2.32. The van der Waals surface area contributed by atoms with Crippen LogP contribution in [0.5, 0.6) is 11.5 Å². The number of aliphatic hydroxyl groups is 2. The van der Waals surface area contributed by atoms with Crippen LogP contribution >= 0.6 is 11.6 Å². The fourth-order valence-corrected chi connectivity index (χ4v) is 3.97. The average Bonchev–Trinajstić information content (AvgIpc) is 2.90. The van der Waals surface area contributed by atoms with E-state index in [9.17, 15) is 15.0 Å². The minimum Gasteiger partial charge on any atom is -0.497 e. The van der Waals surface area contributed by atoms with Crippen LogP contribution in [0.3, 0.4) is 0 Å². The Kier molecular flexibility index (Phi) is 10.1. The Morgan fingerprint density at radius 3 is 2.28 bits per heavy atom. The van der Waals surface area contributed by atoms with Crippen molar-refractivity contribution in [3.05, 3.63) is 89.2 Å². The van der Waals surface area contributed by atoms with Crippen LogP contribution in [0.1, 0.15) is 28.8 Å². The lowest BCUT2D eigenvalue weighted by molar-refractivity contribution is -0.0374. The lowest BCUT2D eigenvalue weighted by Crippen LogP contribution is -2.46. The summed E-state index contributed by atoms with van der Waals surface area (Å²) < 4.78 is 10.7. The lowest BCUT2D eigenvalue weighted by Gasteiger charge is -2.39. The van der Waals surface area contributed by atoms with Gasteiger partial charge in [0.05, 0.1) is 18.3 Å². The van der Waals surface area contributed by atoms with Crippen LogP contribution in [0.2, 0.25) is 5.02 Å². The first-order valence-electron chi connectivity index (χ1n) is 11.6. The Balaban J connectivity index is 0.000000303. The Bertz CT molecular complexity index is 1070. The second-order valence-corrected chi connectivity index (χ2v) is 8.96. The number of aliphatic hydroxyl groups excluding tert-OH is 1. The van der Waals surface area contributed by atoms with Crippen molar-refractivity contribution in [3.63, 3.8) is 0 Å². The zero-order valence-electron chi connectivity index (χ0n) is 20.1. The van der Waals surface area contributed by atoms with Crippen LogP contribution in [-0.2, 0) is 5.60 Å².